The number of carboxylic acids is 1. The number of amides is 1. The van der Waals surface area contributed by atoms with Crippen LogP contribution in [0.2, 0.25) is 0 Å². The first-order valence-corrected chi connectivity index (χ1v) is 9.46. The fraction of sp³-hybridized carbons (Fsp3) is 0.867. The van der Waals surface area contributed by atoms with Crippen LogP contribution >= 0.6 is 0 Å². The zero-order valence-corrected chi connectivity index (χ0v) is 14.2. The summed E-state index contributed by atoms with van der Waals surface area (Å²) >= 11 is 0. The Labute approximate surface area is 131 Å². The van der Waals surface area contributed by atoms with E-state index in [-0.39, 0.29) is 12.0 Å². The SMILES string of the molecule is CC(C)(C)S(=O)(=O)CC(=O)N1C(C(=O)O)CC2CCCCC21. The van der Waals surface area contributed by atoms with Crippen LogP contribution in [-0.2, 0) is 19.4 Å². The highest BCUT2D eigenvalue weighted by atomic mass is 32.2. The number of hydrogen-bond acceptors (Lipinski definition) is 4. The van der Waals surface area contributed by atoms with Gasteiger partial charge >= 0.3 is 5.97 Å². The molecular formula is C15H25NO5S. The lowest BCUT2D eigenvalue weighted by Crippen LogP contribution is -2.49. The lowest BCUT2D eigenvalue weighted by Gasteiger charge is -2.33. The predicted octanol–water partition coefficient (Wildman–Crippen LogP) is 1.44. The van der Waals surface area contributed by atoms with Crippen molar-refractivity contribution < 1.29 is 23.1 Å². The van der Waals surface area contributed by atoms with Gasteiger partial charge in [-0.25, -0.2) is 13.2 Å². The van der Waals surface area contributed by atoms with Gasteiger partial charge in [0.1, 0.15) is 11.8 Å². The van der Waals surface area contributed by atoms with Crippen LogP contribution in [0.3, 0.4) is 0 Å². The molecule has 0 bridgehead atoms. The molecule has 1 amide bonds. The van der Waals surface area contributed by atoms with Crippen LogP contribution in [0.25, 0.3) is 0 Å². The third-order valence-electron chi connectivity index (χ3n) is 4.91. The first kappa shape index (κ1) is 17.2. The Kier molecular flexibility index (Phi) is 4.57. The molecule has 126 valence electrons. The highest BCUT2D eigenvalue weighted by Crippen LogP contribution is 2.40. The molecule has 0 aromatic rings. The van der Waals surface area contributed by atoms with Crippen molar-refractivity contribution in [2.45, 2.75) is 69.7 Å². The van der Waals surface area contributed by atoms with E-state index in [1.54, 1.807) is 20.8 Å². The molecule has 1 saturated heterocycles. The van der Waals surface area contributed by atoms with Crippen LogP contribution < -0.4 is 0 Å². The average molecular weight is 331 g/mol. The van der Waals surface area contributed by atoms with Gasteiger partial charge in [0.05, 0.1) is 4.75 Å². The molecule has 1 N–H and O–H groups in total. The second-order valence-electron chi connectivity index (χ2n) is 7.37. The fourth-order valence-electron chi connectivity index (χ4n) is 3.49. The number of fused-ring (bicyclic) bond motifs is 1. The summed E-state index contributed by atoms with van der Waals surface area (Å²) in [5.41, 5.74) is 0. The smallest absolute Gasteiger partial charge is 0.326 e. The van der Waals surface area contributed by atoms with Gasteiger partial charge in [-0.2, -0.15) is 0 Å². The van der Waals surface area contributed by atoms with Gasteiger partial charge in [0, 0.05) is 6.04 Å². The van der Waals surface area contributed by atoms with Crippen LogP contribution in [0.15, 0.2) is 0 Å². The Bertz CT molecular complexity index is 563. The molecule has 3 atom stereocenters. The summed E-state index contributed by atoms with van der Waals surface area (Å²) in [4.78, 5) is 25.4. The van der Waals surface area contributed by atoms with Gasteiger partial charge in [-0.1, -0.05) is 12.8 Å². The molecule has 2 fully saturated rings. The van der Waals surface area contributed by atoms with Crippen LogP contribution in [0.1, 0.15) is 52.9 Å². The van der Waals surface area contributed by atoms with Crippen LogP contribution in [-0.4, -0.2) is 52.9 Å². The van der Waals surface area contributed by atoms with E-state index in [2.05, 4.69) is 0 Å². The minimum Gasteiger partial charge on any atom is -0.480 e. The van der Waals surface area contributed by atoms with Crippen molar-refractivity contribution in [2.75, 3.05) is 5.75 Å². The number of carbonyl (C=O) groups excluding carboxylic acids is 1. The molecule has 6 nitrogen and oxygen atoms in total. The van der Waals surface area contributed by atoms with Gasteiger partial charge in [-0.05, 0) is 46.0 Å². The van der Waals surface area contributed by atoms with E-state index >= 15 is 0 Å². The van der Waals surface area contributed by atoms with Gasteiger partial charge in [-0.15, -0.1) is 0 Å². The summed E-state index contributed by atoms with van der Waals surface area (Å²) in [5.74, 6) is -2.01. The zero-order valence-electron chi connectivity index (χ0n) is 13.4. The maximum atomic E-state index is 12.6. The Morgan fingerprint density at radius 3 is 2.32 bits per heavy atom. The maximum absolute atomic E-state index is 12.6. The molecule has 1 aliphatic carbocycles. The van der Waals surface area contributed by atoms with Crippen molar-refractivity contribution >= 4 is 21.7 Å². The van der Waals surface area contributed by atoms with Crippen molar-refractivity contribution in [2.24, 2.45) is 5.92 Å². The van der Waals surface area contributed by atoms with Crippen LogP contribution in [0, 0.1) is 5.92 Å². The van der Waals surface area contributed by atoms with E-state index in [4.69, 9.17) is 0 Å². The minimum absolute atomic E-state index is 0.113. The van der Waals surface area contributed by atoms with E-state index in [0.29, 0.717) is 6.42 Å². The molecule has 3 unspecified atom stereocenters. The van der Waals surface area contributed by atoms with Gasteiger partial charge in [0.15, 0.2) is 9.84 Å². The standard InChI is InChI=1S/C15H25NO5S/c1-15(2,3)22(20,21)9-13(17)16-11-7-5-4-6-10(11)8-12(16)14(18)19/h10-12H,4-9H2,1-3H3,(H,18,19). The minimum atomic E-state index is -3.61. The first-order valence-electron chi connectivity index (χ1n) is 7.81. The van der Waals surface area contributed by atoms with Crippen LogP contribution in [0.4, 0.5) is 0 Å². The monoisotopic (exact) mass is 331 g/mol. The normalized spacial score (nSPS) is 29.2. The van der Waals surface area contributed by atoms with Gasteiger partial charge < -0.3 is 10.0 Å². The van der Waals surface area contributed by atoms with E-state index in [1.165, 1.54) is 4.90 Å². The molecule has 0 spiro atoms. The van der Waals surface area contributed by atoms with Gasteiger partial charge in [-0.3, -0.25) is 4.79 Å². The quantitative estimate of drug-likeness (QED) is 0.845. The molecule has 0 aromatic carbocycles. The fourth-order valence-corrected chi connectivity index (χ4v) is 4.40. The molecule has 22 heavy (non-hydrogen) atoms. The molecule has 2 rings (SSSR count). The highest BCUT2D eigenvalue weighted by Gasteiger charge is 2.48. The topological polar surface area (TPSA) is 91.8 Å². The molecule has 1 aliphatic heterocycles. The first-order chi connectivity index (χ1) is 10.0. The van der Waals surface area contributed by atoms with E-state index in [0.717, 1.165) is 25.7 Å². The Hall–Kier alpha value is -1.11. The molecule has 7 heteroatoms. The molecule has 0 aromatic heterocycles. The van der Waals surface area contributed by atoms with Crippen molar-refractivity contribution in [3.63, 3.8) is 0 Å². The third kappa shape index (κ3) is 3.14. The average Bonchev–Trinajstić information content (AvgIpc) is 2.76. The third-order valence-corrected chi connectivity index (χ3v) is 7.40. The Morgan fingerprint density at radius 2 is 1.77 bits per heavy atom. The number of carbonyl (C=O) groups is 2. The number of hydrogen-bond donors (Lipinski definition) is 1. The summed E-state index contributed by atoms with van der Waals surface area (Å²) in [7, 11) is -3.61. The highest BCUT2D eigenvalue weighted by molar-refractivity contribution is 7.93. The van der Waals surface area contributed by atoms with Gasteiger partial charge in [0.2, 0.25) is 5.91 Å². The van der Waals surface area contributed by atoms with Crippen LogP contribution in [0.5, 0.6) is 0 Å². The number of likely N-dealkylation sites (tertiary alicyclic amines) is 1. The van der Waals surface area contributed by atoms with Crippen molar-refractivity contribution in [1.29, 1.82) is 0 Å². The molecule has 2 aliphatic rings. The summed E-state index contributed by atoms with van der Waals surface area (Å²) in [6, 6.07) is -0.992. The lowest BCUT2D eigenvalue weighted by atomic mass is 9.85. The Balaban J connectivity index is 2.23. The summed E-state index contributed by atoms with van der Waals surface area (Å²) in [5, 5.41) is 9.39. The number of nitrogens with zero attached hydrogens (tertiary/aromatic N) is 1. The second kappa shape index (κ2) is 5.83. The van der Waals surface area contributed by atoms with Crippen molar-refractivity contribution in [3.8, 4) is 0 Å². The number of carboxylic acid groups (broad SMARTS) is 1. The second-order valence-corrected chi connectivity index (χ2v) is 10.1. The Morgan fingerprint density at radius 1 is 1.18 bits per heavy atom. The molecule has 0 radical (unpaired) electrons. The molecular weight excluding hydrogens is 306 g/mol. The largest absolute Gasteiger partial charge is 0.480 e. The van der Waals surface area contributed by atoms with E-state index < -0.39 is 38.3 Å². The summed E-state index contributed by atoms with van der Waals surface area (Å²) in [6.45, 7) is 4.66. The van der Waals surface area contributed by atoms with E-state index in [9.17, 15) is 23.1 Å². The van der Waals surface area contributed by atoms with Gasteiger partial charge in [0.25, 0.3) is 0 Å². The number of aliphatic carboxylic acids is 1. The lowest BCUT2D eigenvalue weighted by molar-refractivity contribution is -0.148. The maximum Gasteiger partial charge on any atom is 0.326 e. The summed E-state index contributed by atoms with van der Waals surface area (Å²) in [6.07, 6.45) is 4.15. The molecule has 1 saturated carbocycles. The number of sulfone groups is 1. The summed E-state index contributed by atoms with van der Waals surface area (Å²) < 4.78 is 23.5. The number of rotatable bonds is 3. The zero-order chi connectivity index (χ0) is 16.7. The van der Waals surface area contributed by atoms with E-state index in [1.807, 2.05) is 0 Å². The molecule has 1 heterocycles. The predicted molar refractivity (Wildman–Crippen MR) is 82.2 cm³/mol. The van der Waals surface area contributed by atoms with Crippen molar-refractivity contribution in [1.82, 2.24) is 4.90 Å². The van der Waals surface area contributed by atoms with Crippen molar-refractivity contribution in [3.05, 3.63) is 0 Å².